The zero-order chi connectivity index (χ0) is 11.8. The van der Waals surface area contributed by atoms with Crippen molar-refractivity contribution in [1.82, 2.24) is 9.55 Å². The molecular weight excluding hydrogens is 214 g/mol. The Morgan fingerprint density at radius 3 is 3.00 bits per heavy atom. The van der Waals surface area contributed by atoms with E-state index in [-0.39, 0.29) is 12.2 Å². The molecule has 2 aliphatic rings. The third-order valence-corrected chi connectivity index (χ3v) is 3.59. The molecular formula is C13H15N3O. The van der Waals surface area contributed by atoms with Crippen molar-refractivity contribution in [2.45, 2.75) is 51.0 Å². The van der Waals surface area contributed by atoms with Gasteiger partial charge in [0.2, 0.25) is 0 Å². The maximum Gasteiger partial charge on any atom is 0.197 e. The van der Waals surface area contributed by atoms with Crippen LogP contribution in [0.2, 0.25) is 0 Å². The number of nitriles is 1. The second kappa shape index (κ2) is 3.99. The fraction of sp³-hybridized carbons (Fsp3) is 0.615. The van der Waals surface area contributed by atoms with Crippen molar-refractivity contribution in [1.29, 1.82) is 5.26 Å². The number of rotatable bonds is 3. The molecule has 0 amide bonds. The van der Waals surface area contributed by atoms with Gasteiger partial charge in [-0.05, 0) is 32.1 Å². The Kier molecular flexibility index (Phi) is 2.47. The van der Waals surface area contributed by atoms with Crippen molar-refractivity contribution in [3.05, 3.63) is 17.2 Å². The number of fused-ring (bicyclic) bond motifs is 1. The predicted octanol–water partition coefficient (Wildman–Crippen LogP) is 2.19. The number of imidazole rings is 1. The van der Waals surface area contributed by atoms with E-state index in [9.17, 15) is 4.79 Å². The molecule has 0 N–H and O–H groups in total. The highest BCUT2D eigenvalue weighted by Gasteiger charge is 2.33. The second-order valence-corrected chi connectivity index (χ2v) is 4.91. The Morgan fingerprint density at radius 2 is 2.29 bits per heavy atom. The molecule has 0 saturated heterocycles. The fourth-order valence-corrected chi connectivity index (χ4v) is 2.60. The van der Waals surface area contributed by atoms with Crippen molar-refractivity contribution in [2.24, 2.45) is 0 Å². The molecule has 1 saturated carbocycles. The first kappa shape index (κ1) is 10.5. The van der Waals surface area contributed by atoms with Gasteiger partial charge in [0, 0.05) is 18.2 Å². The normalized spacial score (nSPS) is 18.5. The Balaban J connectivity index is 2.03. The lowest BCUT2D eigenvalue weighted by Crippen LogP contribution is -2.14. The minimum atomic E-state index is -0.106. The van der Waals surface area contributed by atoms with Gasteiger partial charge in [-0.25, -0.2) is 4.98 Å². The molecule has 17 heavy (non-hydrogen) atoms. The second-order valence-electron chi connectivity index (χ2n) is 4.91. The summed E-state index contributed by atoms with van der Waals surface area (Å²) in [6.07, 6.45) is 5.59. The van der Waals surface area contributed by atoms with E-state index in [0.29, 0.717) is 11.6 Å². The Labute approximate surface area is 100 Å². The van der Waals surface area contributed by atoms with Gasteiger partial charge in [0.05, 0.1) is 6.07 Å². The van der Waals surface area contributed by atoms with Gasteiger partial charge in [-0.15, -0.1) is 0 Å². The highest BCUT2D eigenvalue weighted by Crippen LogP contribution is 2.41. The average molecular weight is 229 g/mol. The SMILES string of the molecule is N#CCC(=O)c1nc(C2CC2)n2c1CCCC2. The Hall–Kier alpha value is -1.63. The number of carbonyl (C=O) groups excluding carboxylic acids is 1. The fourth-order valence-electron chi connectivity index (χ4n) is 2.60. The topological polar surface area (TPSA) is 58.7 Å². The van der Waals surface area contributed by atoms with Crippen LogP contribution in [0.4, 0.5) is 0 Å². The third-order valence-electron chi connectivity index (χ3n) is 3.59. The molecule has 0 radical (unpaired) electrons. The number of hydrogen-bond donors (Lipinski definition) is 0. The molecule has 1 aromatic rings. The minimum absolute atomic E-state index is 0.0475. The maximum absolute atomic E-state index is 11.9. The number of hydrogen-bond acceptors (Lipinski definition) is 3. The first-order valence-corrected chi connectivity index (χ1v) is 6.30. The van der Waals surface area contributed by atoms with Crippen LogP contribution in [0, 0.1) is 11.3 Å². The molecule has 1 aliphatic carbocycles. The summed E-state index contributed by atoms with van der Waals surface area (Å²) in [6, 6.07) is 1.93. The van der Waals surface area contributed by atoms with E-state index in [4.69, 9.17) is 5.26 Å². The summed E-state index contributed by atoms with van der Waals surface area (Å²) in [4.78, 5) is 16.4. The summed E-state index contributed by atoms with van der Waals surface area (Å²) < 4.78 is 2.24. The van der Waals surface area contributed by atoms with Crippen LogP contribution in [-0.4, -0.2) is 15.3 Å². The Bertz CT molecular complexity index is 505. The van der Waals surface area contributed by atoms with Crippen molar-refractivity contribution in [3.63, 3.8) is 0 Å². The molecule has 3 rings (SSSR count). The summed E-state index contributed by atoms with van der Waals surface area (Å²) in [7, 11) is 0. The van der Waals surface area contributed by atoms with Gasteiger partial charge in [0.1, 0.15) is 17.9 Å². The van der Waals surface area contributed by atoms with Gasteiger partial charge in [-0.1, -0.05) is 0 Å². The molecule has 0 unspecified atom stereocenters. The molecule has 2 heterocycles. The number of aromatic nitrogens is 2. The van der Waals surface area contributed by atoms with Crippen LogP contribution in [0.3, 0.4) is 0 Å². The molecule has 88 valence electrons. The molecule has 4 nitrogen and oxygen atoms in total. The van der Waals surface area contributed by atoms with E-state index in [2.05, 4.69) is 9.55 Å². The molecule has 0 spiro atoms. The van der Waals surface area contributed by atoms with Gasteiger partial charge in [0.15, 0.2) is 5.78 Å². The Morgan fingerprint density at radius 1 is 1.47 bits per heavy atom. The summed E-state index contributed by atoms with van der Waals surface area (Å²) in [5.41, 5.74) is 1.66. The summed E-state index contributed by atoms with van der Waals surface area (Å²) in [5, 5.41) is 8.62. The van der Waals surface area contributed by atoms with Gasteiger partial charge >= 0.3 is 0 Å². The largest absolute Gasteiger partial charge is 0.331 e. The van der Waals surface area contributed by atoms with Crippen LogP contribution < -0.4 is 0 Å². The lowest BCUT2D eigenvalue weighted by molar-refractivity contribution is 0.0992. The van der Waals surface area contributed by atoms with Crippen LogP contribution >= 0.6 is 0 Å². The smallest absolute Gasteiger partial charge is 0.197 e. The zero-order valence-corrected chi connectivity index (χ0v) is 9.78. The van der Waals surface area contributed by atoms with E-state index in [1.54, 1.807) is 0 Å². The predicted molar refractivity (Wildman–Crippen MR) is 61.7 cm³/mol. The van der Waals surface area contributed by atoms with Crippen LogP contribution in [0.5, 0.6) is 0 Å². The van der Waals surface area contributed by atoms with E-state index in [0.717, 1.165) is 30.9 Å². The summed E-state index contributed by atoms with van der Waals surface area (Å²) in [6.45, 7) is 0.994. The average Bonchev–Trinajstić information content (AvgIpc) is 3.10. The lowest BCUT2D eigenvalue weighted by atomic mass is 10.1. The molecule has 4 heteroatoms. The van der Waals surface area contributed by atoms with Gasteiger partial charge in [0.25, 0.3) is 0 Å². The minimum Gasteiger partial charge on any atom is -0.331 e. The highest BCUT2D eigenvalue weighted by molar-refractivity contribution is 5.96. The van der Waals surface area contributed by atoms with Crippen molar-refractivity contribution < 1.29 is 4.79 Å². The van der Waals surface area contributed by atoms with E-state index in [1.165, 1.54) is 19.3 Å². The van der Waals surface area contributed by atoms with Crippen LogP contribution in [-0.2, 0) is 13.0 Å². The van der Waals surface area contributed by atoms with Gasteiger partial charge < -0.3 is 4.57 Å². The standard InChI is InChI=1S/C13H15N3O/c14-7-6-11(17)12-10-3-1-2-8-16(10)13(15-12)9-4-5-9/h9H,1-6,8H2. The summed E-state index contributed by atoms with van der Waals surface area (Å²) >= 11 is 0. The first-order valence-electron chi connectivity index (χ1n) is 6.30. The van der Waals surface area contributed by atoms with Crippen molar-refractivity contribution in [3.8, 4) is 6.07 Å². The number of carbonyl (C=O) groups is 1. The maximum atomic E-state index is 11.9. The van der Waals surface area contributed by atoms with Gasteiger partial charge in [-0.2, -0.15) is 5.26 Å². The third kappa shape index (κ3) is 1.76. The molecule has 0 aromatic carbocycles. The lowest BCUT2D eigenvalue weighted by Gasteiger charge is -2.16. The zero-order valence-electron chi connectivity index (χ0n) is 9.78. The monoisotopic (exact) mass is 229 g/mol. The van der Waals surface area contributed by atoms with Crippen LogP contribution in [0.25, 0.3) is 0 Å². The van der Waals surface area contributed by atoms with E-state index >= 15 is 0 Å². The number of Topliss-reactive ketones (excluding diaryl/α,β-unsaturated/α-hetero) is 1. The van der Waals surface area contributed by atoms with E-state index in [1.807, 2.05) is 6.07 Å². The molecule has 0 atom stereocenters. The van der Waals surface area contributed by atoms with Crippen molar-refractivity contribution >= 4 is 5.78 Å². The quantitative estimate of drug-likeness (QED) is 0.746. The number of nitrogens with zero attached hydrogens (tertiary/aromatic N) is 3. The van der Waals surface area contributed by atoms with Crippen LogP contribution in [0.1, 0.15) is 60.0 Å². The highest BCUT2D eigenvalue weighted by atomic mass is 16.1. The van der Waals surface area contributed by atoms with Crippen LogP contribution in [0.15, 0.2) is 0 Å². The molecule has 0 bridgehead atoms. The number of ketones is 1. The molecule has 1 aliphatic heterocycles. The molecule has 1 fully saturated rings. The van der Waals surface area contributed by atoms with Crippen molar-refractivity contribution in [2.75, 3.05) is 0 Å². The van der Waals surface area contributed by atoms with Gasteiger partial charge in [-0.3, -0.25) is 4.79 Å². The first-order chi connectivity index (χ1) is 8.31. The molecule has 1 aromatic heterocycles. The summed E-state index contributed by atoms with van der Waals surface area (Å²) in [5.74, 6) is 1.56. The van der Waals surface area contributed by atoms with E-state index < -0.39 is 0 Å².